The highest BCUT2D eigenvalue weighted by Crippen LogP contribution is 2.20. The first-order chi connectivity index (χ1) is 8.08. The number of hydrogen-bond donors (Lipinski definition) is 0. The molecule has 3 heteroatoms. The summed E-state index contributed by atoms with van der Waals surface area (Å²) in [6, 6.07) is 6.01. The smallest absolute Gasteiger partial charge is 0.254 e. The zero-order valence-electron chi connectivity index (χ0n) is 10.3. The van der Waals surface area contributed by atoms with Crippen molar-refractivity contribution in [3.05, 3.63) is 34.9 Å². The van der Waals surface area contributed by atoms with Crippen LogP contribution < -0.4 is 0 Å². The van der Waals surface area contributed by atoms with E-state index in [9.17, 15) is 9.59 Å². The summed E-state index contributed by atoms with van der Waals surface area (Å²) in [5, 5.41) is 0. The van der Waals surface area contributed by atoms with Crippen LogP contribution in [0.4, 0.5) is 0 Å². The highest BCUT2D eigenvalue weighted by Gasteiger charge is 2.23. The lowest BCUT2D eigenvalue weighted by Crippen LogP contribution is -2.38. The number of ketones is 1. The van der Waals surface area contributed by atoms with Gasteiger partial charge in [-0.1, -0.05) is 17.7 Å². The fraction of sp³-hybridized carbons (Fsp3) is 0.429. The lowest BCUT2D eigenvalue weighted by atomic mass is 9.97. The lowest BCUT2D eigenvalue weighted by Gasteiger charge is -2.28. The Morgan fingerprint density at radius 2 is 2.18 bits per heavy atom. The van der Waals surface area contributed by atoms with Crippen LogP contribution in [-0.2, 0) is 11.2 Å². The minimum atomic E-state index is 0.0659. The van der Waals surface area contributed by atoms with Gasteiger partial charge in [0, 0.05) is 25.1 Å². The fourth-order valence-corrected chi connectivity index (χ4v) is 2.14. The van der Waals surface area contributed by atoms with Crippen molar-refractivity contribution in [3.8, 4) is 0 Å². The molecule has 0 spiro atoms. The molecule has 1 aliphatic heterocycles. The third kappa shape index (κ3) is 2.54. The highest BCUT2D eigenvalue weighted by molar-refractivity contribution is 5.97. The number of Topliss-reactive ketones (excluding diaryl/α,β-unsaturated/α-hetero) is 1. The number of carbonyl (C=O) groups excluding carboxylic acids is 2. The third-order valence-electron chi connectivity index (χ3n) is 3.17. The molecule has 1 aromatic carbocycles. The monoisotopic (exact) mass is 231 g/mol. The van der Waals surface area contributed by atoms with E-state index in [0.717, 1.165) is 29.7 Å². The van der Waals surface area contributed by atoms with E-state index in [1.54, 1.807) is 11.8 Å². The van der Waals surface area contributed by atoms with Crippen LogP contribution in [0.25, 0.3) is 0 Å². The maximum absolute atomic E-state index is 12.2. The Labute approximate surface area is 101 Å². The van der Waals surface area contributed by atoms with Crippen LogP contribution in [0.1, 0.15) is 34.8 Å². The number of nitrogens with zero attached hydrogens (tertiary/aromatic N) is 1. The molecular weight excluding hydrogens is 214 g/mol. The average Bonchev–Trinajstić information content (AvgIpc) is 2.29. The molecule has 2 rings (SSSR count). The molecule has 90 valence electrons. The van der Waals surface area contributed by atoms with E-state index in [0.29, 0.717) is 13.0 Å². The number of rotatable bonds is 3. The molecule has 0 atom stereocenters. The first-order valence-electron chi connectivity index (χ1n) is 5.96. The van der Waals surface area contributed by atoms with Crippen molar-refractivity contribution in [3.63, 3.8) is 0 Å². The van der Waals surface area contributed by atoms with E-state index in [1.807, 2.05) is 25.1 Å². The molecule has 0 aliphatic carbocycles. The Bertz CT molecular complexity index is 465. The quantitative estimate of drug-likeness (QED) is 0.797. The van der Waals surface area contributed by atoms with Crippen LogP contribution in [0.15, 0.2) is 18.2 Å². The number of benzene rings is 1. The van der Waals surface area contributed by atoms with Gasteiger partial charge in [0.1, 0.15) is 5.78 Å². The largest absolute Gasteiger partial charge is 0.338 e. The van der Waals surface area contributed by atoms with Crippen molar-refractivity contribution in [2.45, 2.75) is 26.7 Å². The molecule has 17 heavy (non-hydrogen) atoms. The molecule has 0 saturated heterocycles. The van der Waals surface area contributed by atoms with Crippen LogP contribution in [0.5, 0.6) is 0 Å². The summed E-state index contributed by atoms with van der Waals surface area (Å²) >= 11 is 0. The maximum atomic E-state index is 12.2. The zero-order chi connectivity index (χ0) is 12.4. The second kappa shape index (κ2) is 4.70. The molecule has 3 nitrogen and oxygen atoms in total. The summed E-state index contributed by atoms with van der Waals surface area (Å²) in [5.74, 6) is 0.198. The topological polar surface area (TPSA) is 37.4 Å². The minimum absolute atomic E-state index is 0.0659. The Kier molecular flexibility index (Phi) is 3.27. The van der Waals surface area contributed by atoms with Crippen LogP contribution in [-0.4, -0.2) is 29.7 Å². The highest BCUT2D eigenvalue weighted by atomic mass is 16.2. The SMILES string of the molecule is CC(=O)CCN1CCc2ccc(C)cc2C1=O. The number of hydrogen-bond acceptors (Lipinski definition) is 2. The van der Waals surface area contributed by atoms with E-state index < -0.39 is 0 Å². The van der Waals surface area contributed by atoms with Gasteiger partial charge in [0.25, 0.3) is 5.91 Å². The zero-order valence-corrected chi connectivity index (χ0v) is 10.3. The van der Waals surface area contributed by atoms with Crippen molar-refractivity contribution < 1.29 is 9.59 Å². The fourth-order valence-electron chi connectivity index (χ4n) is 2.14. The van der Waals surface area contributed by atoms with E-state index in [2.05, 4.69) is 0 Å². The summed E-state index contributed by atoms with van der Waals surface area (Å²) in [6.45, 7) is 4.82. The van der Waals surface area contributed by atoms with E-state index >= 15 is 0 Å². The normalized spacial score (nSPS) is 14.7. The summed E-state index contributed by atoms with van der Waals surface area (Å²) in [4.78, 5) is 24.9. The van der Waals surface area contributed by atoms with Crippen molar-refractivity contribution in [2.24, 2.45) is 0 Å². The molecule has 0 saturated carbocycles. The van der Waals surface area contributed by atoms with E-state index in [-0.39, 0.29) is 11.7 Å². The molecule has 1 amide bonds. The molecule has 0 unspecified atom stereocenters. The van der Waals surface area contributed by atoms with Gasteiger partial charge in [0.2, 0.25) is 0 Å². The van der Waals surface area contributed by atoms with E-state index in [4.69, 9.17) is 0 Å². The van der Waals surface area contributed by atoms with Crippen molar-refractivity contribution in [1.82, 2.24) is 4.90 Å². The molecule has 1 aliphatic rings. The molecule has 0 bridgehead atoms. The molecule has 0 N–H and O–H groups in total. The number of carbonyl (C=O) groups is 2. The summed E-state index contributed by atoms with van der Waals surface area (Å²) < 4.78 is 0. The molecule has 1 heterocycles. The van der Waals surface area contributed by atoms with Gasteiger partial charge in [0.15, 0.2) is 0 Å². The second-order valence-corrected chi connectivity index (χ2v) is 4.65. The van der Waals surface area contributed by atoms with Crippen LogP contribution >= 0.6 is 0 Å². The van der Waals surface area contributed by atoms with Crippen molar-refractivity contribution in [1.29, 1.82) is 0 Å². The van der Waals surface area contributed by atoms with Crippen LogP contribution in [0, 0.1) is 6.92 Å². The summed E-state index contributed by atoms with van der Waals surface area (Å²) in [7, 11) is 0. The maximum Gasteiger partial charge on any atom is 0.254 e. The summed E-state index contributed by atoms with van der Waals surface area (Å²) in [6.07, 6.45) is 1.34. The Hall–Kier alpha value is -1.64. The van der Waals surface area contributed by atoms with Crippen molar-refractivity contribution >= 4 is 11.7 Å². The van der Waals surface area contributed by atoms with Gasteiger partial charge >= 0.3 is 0 Å². The van der Waals surface area contributed by atoms with Crippen LogP contribution in [0.3, 0.4) is 0 Å². The second-order valence-electron chi connectivity index (χ2n) is 4.65. The predicted molar refractivity (Wildman–Crippen MR) is 66.1 cm³/mol. The van der Waals surface area contributed by atoms with Gasteiger partial charge in [0.05, 0.1) is 0 Å². The Morgan fingerprint density at radius 1 is 1.41 bits per heavy atom. The van der Waals surface area contributed by atoms with Gasteiger partial charge in [-0.15, -0.1) is 0 Å². The number of amides is 1. The van der Waals surface area contributed by atoms with Crippen molar-refractivity contribution in [2.75, 3.05) is 13.1 Å². The molecule has 0 radical (unpaired) electrons. The van der Waals surface area contributed by atoms with Gasteiger partial charge in [-0.05, 0) is 31.9 Å². The van der Waals surface area contributed by atoms with Gasteiger partial charge < -0.3 is 4.90 Å². The number of fused-ring (bicyclic) bond motifs is 1. The van der Waals surface area contributed by atoms with Crippen LogP contribution in [0.2, 0.25) is 0 Å². The first-order valence-corrected chi connectivity index (χ1v) is 5.96. The van der Waals surface area contributed by atoms with E-state index in [1.165, 1.54) is 0 Å². The third-order valence-corrected chi connectivity index (χ3v) is 3.17. The number of aryl methyl sites for hydroxylation is 1. The minimum Gasteiger partial charge on any atom is -0.338 e. The molecular formula is C14H17NO2. The lowest BCUT2D eigenvalue weighted by molar-refractivity contribution is -0.117. The molecule has 1 aromatic rings. The standard InChI is InChI=1S/C14H17NO2/c1-10-3-4-12-6-8-15(7-5-11(2)16)14(17)13(12)9-10/h3-4,9H,5-8H2,1-2H3. The van der Waals surface area contributed by atoms with Gasteiger partial charge in [-0.3, -0.25) is 9.59 Å². The molecule has 0 aromatic heterocycles. The summed E-state index contributed by atoms with van der Waals surface area (Å²) in [5.41, 5.74) is 3.03. The Balaban J connectivity index is 2.17. The average molecular weight is 231 g/mol. The van der Waals surface area contributed by atoms with Gasteiger partial charge in [-0.2, -0.15) is 0 Å². The Morgan fingerprint density at radius 3 is 2.88 bits per heavy atom. The predicted octanol–water partition coefficient (Wildman–Crippen LogP) is 1.97. The first kappa shape index (κ1) is 11.8. The van der Waals surface area contributed by atoms with Gasteiger partial charge in [-0.25, -0.2) is 0 Å². The molecule has 0 fully saturated rings.